The molecule has 1 aliphatic rings. The predicted octanol–water partition coefficient (Wildman–Crippen LogP) is 1.45. The van der Waals surface area contributed by atoms with Gasteiger partial charge in [0.25, 0.3) is 0 Å². The van der Waals surface area contributed by atoms with E-state index in [0.717, 1.165) is 19.1 Å². The van der Waals surface area contributed by atoms with E-state index in [-0.39, 0.29) is 5.82 Å². The summed E-state index contributed by atoms with van der Waals surface area (Å²) in [7, 11) is 0. The van der Waals surface area contributed by atoms with Gasteiger partial charge in [-0.2, -0.15) is 0 Å². The summed E-state index contributed by atoms with van der Waals surface area (Å²) in [5.41, 5.74) is 0.111. The van der Waals surface area contributed by atoms with Crippen LogP contribution in [0.2, 0.25) is 0 Å². The lowest BCUT2D eigenvalue weighted by atomic mass is 10.0. The van der Waals surface area contributed by atoms with Gasteiger partial charge in [-0.15, -0.1) is 0 Å². The predicted molar refractivity (Wildman–Crippen MR) is 41.2 cm³/mol. The first kappa shape index (κ1) is 7.40. The zero-order chi connectivity index (χ0) is 8.60. The maximum atomic E-state index is 12.7. The largest absolute Gasteiger partial charge is 0.302 e. The van der Waals surface area contributed by atoms with E-state index >= 15 is 0 Å². The maximum Gasteiger partial charge on any atom is 0.132 e. The number of rotatable bonds is 2. The smallest absolute Gasteiger partial charge is 0.132 e. The van der Waals surface area contributed by atoms with Gasteiger partial charge >= 0.3 is 0 Å². The number of aromatic nitrogens is 1. The average molecular weight is 165 g/mol. The molecule has 1 fully saturated rings. The number of aldehydes is 1. The van der Waals surface area contributed by atoms with Crippen LogP contribution in [0.25, 0.3) is 0 Å². The summed E-state index contributed by atoms with van der Waals surface area (Å²) in [5, 5.41) is 0. The summed E-state index contributed by atoms with van der Waals surface area (Å²) in [6, 6.07) is 2.62. The molecule has 0 aliphatic heterocycles. The first-order chi connectivity index (χ1) is 5.77. The van der Waals surface area contributed by atoms with E-state index in [9.17, 15) is 9.18 Å². The second-order valence-corrected chi connectivity index (χ2v) is 3.13. The fraction of sp³-hybridized carbons (Fsp3) is 0.333. The third-order valence-corrected chi connectivity index (χ3v) is 2.25. The fourth-order valence-electron chi connectivity index (χ4n) is 1.25. The number of halogens is 1. The van der Waals surface area contributed by atoms with Crippen LogP contribution in [0, 0.1) is 5.82 Å². The number of carbonyl (C=O) groups is 1. The minimum atomic E-state index is -0.456. The number of carbonyl (C=O) groups excluding carboxylic acids is 1. The van der Waals surface area contributed by atoms with Crippen LogP contribution in [0.4, 0.5) is 4.39 Å². The molecule has 0 N–H and O–H groups in total. The number of nitrogens with zero attached hydrogens (tertiary/aromatic N) is 1. The van der Waals surface area contributed by atoms with Crippen molar-refractivity contribution in [2.45, 2.75) is 18.3 Å². The Bertz CT molecular complexity index is 320. The highest BCUT2D eigenvalue weighted by atomic mass is 19.1. The van der Waals surface area contributed by atoms with Gasteiger partial charge in [0, 0.05) is 6.20 Å². The molecule has 1 heterocycles. The molecule has 0 atom stereocenters. The summed E-state index contributed by atoms with van der Waals surface area (Å²) >= 11 is 0. The van der Waals surface area contributed by atoms with E-state index < -0.39 is 5.41 Å². The first-order valence-electron chi connectivity index (χ1n) is 3.85. The van der Waals surface area contributed by atoms with Crippen LogP contribution in [0.3, 0.4) is 0 Å². The van der Waals surface area contributed by atoms with Gasteiger partial charge in [-0.05, 0) is 25.0 Å². The molecule has 0 aromatic carbocycles. The molecular formula is C9H8FNO. The van der Waals surface area contributed by atoms with Crippen LogP contribution in [-0.2, 0) is 10.2 Å². The molecule has 0 spiro atoms. The van der Waals surface area contributed by atoms with Gasteiger partial charge in [-0.25, -0.2) is 4.39 Å². The quantitative estimate of drug-likeness (QED) is 0.621. The van der Waals surface area contributed by atoms with Gasteiger partial charge in [-0.3, -0.25) is 4.98 Å². The highest BCUT2D eigenvalue weighted by Crippen LogP contribution is 2.45. The molecule has 1 aromatic heterocycles. The molecule has 0 unspecified atom stereocenters. The van der Waals surface area contributed by atoms with Crippen molar-refractivity contribution >= 4 is 6.29 Å². The molecule has 1 aromatic rings. The topological polar surface area (TPSA) is 30.0 Å². The van der Waals surface area contributed by atoms with Crippen LogP contribution in [0.5, 0.6) is 0 Å². The molecule has 0 bridgehead atoms. The molecule has 12 heavy (non-hydrogen) atoms. The van der Waals surface area contributed by atoms with E-state index in [1.165, 1.54) is 18.3 Å². The van der Waals surface area contributed by atoms with Gasteiger partial charge < -0.3 is 4.79 Å². The zero-order valence-corrected chi connectivity index (χ0v) is 6.46. The van der Waals surface area contributed by atoms with Crippen molar-refractivity contribution < 1.29 is 9.18 Å². The van der Waals surface area contributed by atoms with E-state index in [1.807, 2.05) is 0 Å². The molecule has 3 heteroatoms. The maximum absolute atomic E-state index is 12.7. The second-order valence-electron chi connectivity index (χ2n) is 3.13. The summed E-state index contributed by atoms with van der Waals surface area (Å²) in [5.74, 6) is -0.326. The average Bonchev–Trinajstić information content (AvgIpc) is 2.84. The Morgan fingerprint density at radius 1 is 1.58 bits per heavy atom. The highest BCUT2D eigenvalue weighted by molar-refractivity contribution is 5.71. The molecule has 0 saturated heterocycles. The van der Waals surface area contributed by atoms with Crippen LogP contribution >= 0.6 is 0 Å². The molecule has 0 radical (unpaired) electrons. The normalized spacial score (nSPS) is 18.8. The standard InChI is InChI=1S/C9H8FNO/c10-7-1-4-11-8(5-7)9(6-12)2-3-9/h1,4-6H,2-3H2. The van der Waals surface area contributed by atoms with Crippen molar-refractivity contribution in [2.75, 3.05) is 0 Å². The van der Waals surface area contributed by atoms with E-state index in [0.29, 0.717) is 5.69 Å². The summed E-state index contributed by atoms with van der Waals surface area (Å²) in [4.78, 5) is 14.6. The number of pyridine rings is 1. The lowest BCUT2D eigenvalue weighted by Gasteiger charge is -2.04. The SMILES string of the molecule is O=CC1(c2cc(F)ccn2)CC1. The molecule has 1 aliphatic carbocycles. The minimum absolute atomic E-state index is 0.326. The molecule has 2 rings (SSSR count). The van der Waals surface area contributed by atoms with Crippen molar-refractivity contribution in [3.63, 3.8) is 0 Å². The lowest BCUT2D eigenvalue weighted by molar-refractivity contribution is -0.109. The van der Waals surface area contributed by atoms with E-state index in [2.05, 4.69) is 4.98 Å². The first-order valence-corrected chi connectivity index (χ1v) is 3.85. The van der Waals surface area contributed by atoms with Gasteiger partial charge in [-0.1, -0.05) is 0 Å². The Kier molecular flexibility index (Phi) is 1.46. The second kappa shape index (κ2) is 2.37. The van der Waals surface area contributed by atoms with E-state index in [4.69, 9.17) is 0 Å². The third kappa shape index (κ3) is 1.02. The summed E-state index contributed by atoms with van der Waals surface area (Å²) in [6.45, 7) is 0. The van der Waals surface area contributed by atoms with Crippen LogP contribution in [0.15, 0.2) is 18.3 Å². The van der Waals surface area contributed by atoms with Crippen LogP contribution < -0.4 is 0 Å². The molecular weight excluding hydrogens is 157 g/mol. The van der Waals surface area contributed by atoms with Crippen molar-refractivity contribution in [3.05, 3.63) is 29.8 Å². The van der Waals surface area contributed by atoms with Gasteiger partial charge in [0.05, 0.1) is 11.1 Å². The summed E-state index contributed by atoms with van der Waals surface area (Å²) in [6.07, 6.45) is 3.86. The monoisotopic (exact) mass is 165 g/mol. The molecule has 2 nitrogen and oxygen atoms in total. The van der Waals surface area contributed by atoms with Gasteiger partial charge in [0.15, 0.2) is 0 Å². The van der Waals surface area contributed by atoms with Crippen molar-refractivity contribution in [1.29, 1.82) is 0 Å². The molecule has 62 valence electrons. The zero-order valence-electron chi connectivity index (χ0n) is 6.46. The van der Waals surface area contributed by atoms with E-state index in [1.54, 1.807) is 0 Å². The van der Waals surface area contributed by atoms with Crippen LogP contribution in [0.1, 0.15) is 18.5 Å². The van der Waals surface area contributed by atoms with Crippen LogP contribution in [-0.4, -0.2) is 11.3 Å². The third-order valence-electron chi connectivity index (χ3n) is 2.25. The minimum Gasteiger partial charge on any atom is -0.302 e. The number of hydrogen-bond acceptors (Lipinski definition) is 2. The lowest BCUT2D eigenvalue weighted by Crippen LogP contribution is -2.10. The van der Waals surface area contributed by atoms with Gasteiger partial charge in [0.1, 0.15) is 12.1 Å². The highest BCUT2D eigenvalue weighted by Gasteiger charge is 2.45. The molecule has 1 saturated carbocycles. The van der Waals surface area contributed by atoms with Crippen molar-refractivity contribution in [2.24, 2.45) is 0 Å². The van der Waals surface area contributed by atoms with Crippen molar-refractivity contribution in [1.82, 2.24) is 4.98 Å². The Balaban J connectivity index is 2.40. The van der Waals surface area contributed by atoms with Crippen molar-refractivity contribution in [3.8, 4) is 0 Å². The Labute approximate surface area is 69.4 Å². The Morgan fingerprint density at radius 2 is 2.33 bits per heavy atom. The van der Waals surface area contributed by atoms with Gasteiger partial charge in [0.2, 0.25) is 0 Å². The molecule has 0 amide bonds. The number of hydrogen-bond donors (Lipinski definition) is 0. The Hall–Kier alpha value is -1.25. The Morgan fingerprint density at radius 3 is 2.83 bits per heavy atom. The fourth-order valence-corrected chi connectivity index (χ4v) is 1.25. The summed E-state index contributed by atoms with van der Waals surface area (Å²) < 4.78 is 12.7.